The molecule has 1 unspecified atom stereocenters. The second kappa shape index (κ2) is 7.44. The highest BCUT2D eigenvalue weighted by atomic mass is 32.2. The van der Waals surface area contributed by atoms with Gasteiger partial charge >= 0.3 is 0 Å². The molecule has 7 nitrogen and oxygen atoms in total. The number of anilines is 1. The Labute approximate surface area is 164 Å². The number of rotatable bonds is 6. The number of hydrogen-bond acceptors (Lipinski definition) is 5. The molecule has 4 rings (SSSR count). The molecule has 1 amide bonds. The summed E-state index contributed by atoms with van der Waals surface area (Å²) in [6.07, 6.45) is 2.26. The summed E-state index contributed by atoms with van der Waals surface area (Å²) in [7, 11) is -2.15. The molecule has 1 aliphatic heterocycles. The van der Waals surface area contributed by atoms with E-state index in [-0.39, 0.29) is 29.4 Å². The van der Waals surface area contributed by atoms with Gasteiger partial charge in [-0.1, -0.05) is 18.2 Å². The number of benzene rings is 2. The van der Waals surface area contributed by atoms with E-state index in [4.69, 9.17) is 9.47 Å². The molecule has 2 N–H and O–H groups in total. The van der Waals surface area contributed by atoms with Crippen LogP contribution in [0.25, 0.3) is 0 Å². The highest BCUT2D eigenvalue weighted by Crippen LogP contribution is 2.31. The Morgan fingerprint density at radius 3 is 2.71 bits per heavy atom. The topological polar surface area (TPSA) is 93.7 Å². The van der Waals surface area contributed by atoms with Crippen LogP contribution in [0, 0.1) is 5.92 Å². The monoisotopic (exact) mass is 402 g/mol. The number of carbonyl (C=O) groups is 1. The number of para-hydroxylation sites is 1. The fourth-order valence-electron chi connectivity index (χ4n) is 3.17. The summed E-state index contributed by atoms with van der Waals surface area (Å²) in [4.78, 5) is 12.9. The zero-order valence-corrected chi connectivity index (χ0v) is 16.3. The predicted octanol–water partition coefficient (Wildman–Crippen LogP) is 2.33. The first-order chi connectivity index (χ1) is 13.5. The van der Waals surface area contributed by atoms with Crippen molar-refractivity contribution < 1.29 is 22.7 Å². The lowest BCUT2D eigenvalue weighted by Crippen LogP contribution is -2.32. The Bertz CT molecular complexity index is 1000. The van der Waals surface area contributed by atoms with Crippen molar-refractivity contribution >= 4 is 21.6 Å². The summed E-state index contributed by atoms with van der Waals surface area (Å²) in [5, 5.41) is 2.81. The van der Waals surface area contributed by atoms with Gasteiger partial charge in [-0.25, -0.2) is 13.1 Å². The second-order valence-corrected chi connectivity index (χ2v) is 8.78. The molecule has 0 radical (unpaired) electrons. The van der Waals surface area contributed by atoms with Crippen LogP contribution < -0.4 is 19.5 Å². The standard InChI is InChI=1S/C20H22N2O5S/c1-26-19-9-8-16(28(24,25)22-15-6-7-15)11-17(19)21-20(23)14-10-13-4-2-3-5-18(13)27-12-14/h2-5,8-9,11,14-15,22H,6-7,10,12H2,1H3,(H,21,23). The van der Waals surface area contributed by atoms with E-state index in [1.807, 2.05) is 24.3 Å². The smallest absolute Gasteiger partial charge is 0.240 e. The van der Waals surface area contributed by atoms with Crippen LogP contribution in [0.3, 0.4) is 0 Å². The van der Waals surface area contributed by atoms with E-state index in [0.29, 0.717) is 17.9 Å². The van der Waals surface area contributed by atoms with E-state index >= 15 is 0 Å². The Hall–Kier alpha value is -2.58. The van der Waals surface area contributed by atoms with Crippen molar-refractivity contribution in [3.63, 3.8) is 0 Å². The zero-order valence-electron chi connectivity index (χ0n) is 15.5. The van der Waals surface area contributed by atoms with E-state index in [2.05, 4.69) is 10.0 Å². The quantitative estimate of drug-likeness (QED) is 0.774. The molecule has 2 aromatic rings. The first kappa shape index (κ1) is 18.8. The molecule has 8 heteroatoms. The number of nitrogens with one attached hydrogen (secondary N) is 2. The fourth-order valence-corrected chi connectivity index (χ4v) is 4.50. The average Bonchev–Trinajstić information content (AvgIpc) is 3.50. The molecule has 2 aromatic carbocycles. The van der Waals surface area contributed by atoms with Crippen molar-refractivity contribution in [2.45, 2.75) is 30.2 Å². The third-order valence-corrected chi connectivity index (χ3v) is 6.41. The van der Waals surface area contributed by atoms with Gasteiger partial charge < -0.3 is 14.8 Å². The van der Waals surface area contributed by atoms with Crippen molar-refractivity contribution in [2.24, 2.45) is 5.92 Å². The largest absolute Gasteiger partial charge is 0.495 e. The van der Waals surface area contributed by atoms with Crippen molar-refractivity contribution in [2.75, 3.05) is 19.0 Å². The van der Waals surface area contributed by atoms with Gasteiger partial charge in [0.1, 0.15) is 18.1 Å². The van der Waals surface area contributed by atoms with E-state index in [1.54, 1.807) is 6.07 Å². The SMILES string of the molecule is COc1ccc(S(=O)(=O)NC2CC2)cc1NC(=O)C1COc2ccccc2C1. The van der Waals surface area contributed by atoms with Crippen LogP contribution in [0.2, 0.25) is 0 Å². The first-order valence-electron chi connectivity index (χ1n) is 9.18. The number of ether oxygens (including phenoxy) is 2. The van der Waals surface area contributed by atoms with Gasteiger partial charge in [-0.15, -0.1) is 0 Å². The zero-order chi connectivity index (χ0) is 19.7. The van der Waals surface area contributed by atoms with E-state index in [1.165, 1.54) is 19.2 Å². The van der Waals surface area contributed by atoms with Gasteiger partial charge in [0, 0.05) is 6.04 Å². The molecule has 148 valence electrons. The molecule has 1 atom stereocenters. The molecule has 1 heterocycles. The number of hydrogen-bond donors (Lipinski definition) is 2. The molecular weight excluding hydrogens is 380 g/mol. The molecule has 1 fully saturated rings. The lowest BCUT2D eigenvalue weighted by molar-refractivity contribution is -0.121. The molecule has 1 saturated carbocycles. The number of sulfonamides is 1. The number of carbonyl (C=O) groups excluding carboxylic acids is 1. The Morgan fingerprint density at radius 2 is 1.96 bits per heavy atom. The minimum Gasteiger partial charge on any atom is -0.495 e. The molecule has 1 aliphatic carbocycles. The van der Waals surface area contributed by atoms with Crippen molar-refractivity contribution in [1.82, 2.24) is 4.72 Å². The molecule has 0 spiro atoms. The van der Waals surface area contributed by atoms with Gasteiger partial charge in [0.15, 0.2) is 0 Å². The van der Waals surface area contributed by atoms with Gasteiger partial charge in [0.05, 0.1) is 23.6 Å². The minimum atomic E-state index is -3.63. The van der Waals surface area contributed by atoms with Crippen LogP contribution >= 0.6 is 0 Å². The Morgan fingerprint density at radius 1 is 1.18 bits per heavy atom. The summed E-state index contributed by atoms with van der Waals surface area (Å²) in [6, 6.07) is 12.1. The highest BCUT2D eigenvalue weighted by molar-refractivity contribution is 7.89. The maximum absolute atomic E-state index is 12.8. The normalized spacial score (nSPS) is 18.7. The van der Waals surface area contributed by atoms with Crippen LogP contribution in [0.1, 0.15) is 18.4 Å². The van der Waals surface area contributed by atoms with E-state index in [0.717, 1.165) is 24.2 Å². The summed E-state index contributed by atoms with van der Waals surface area (Å²) >= 11 is 0. The predicted molar refractivity (Wildman–Crippen MR) is 104 cm³/mol. The van der Waals surface area contributed by atoms with Crippen molar-refractivity contribution in [1.29, 1.82) is 0 Å². The Kier molecular flexibility index (Phi) is 4.99. The number of methoxy groups -OCH3 is 1. The van der Waals surface area contributed by atoms with Crippen LogP contribution in [0.15, 0.2) is 47.4 Å². The summed E-state index contributed by atoms with van der Waals surface area (Å²) in [5.74, 6) is 0.584. The number of fused-ring (bicyclic) bond motifs is 1. The maximum atomic E-state index is 12.8. The van der Waals surface area contributed by atoms with Gasteiger partial charge in [0.2, 0.25) is 15.9 Å². The third kappa shape index (κ3) is 3.98. The van der Waals surface area contributed by atoms with Crippen LogP contribution in [0.5, 0.6) is 11.5 Å². The lowest BCUT2D eigenvalue weighted by Gasteiger charge is -2.25. The second-order valence-electron chi connectivity index (χ2n) is 7.07. The summed E-state index contributed by atoms with van der Waals surface area (Å²) in [6.45, 7) is 0.270. The summed E-state index contributed by atoms with van der Waals surface area (Å²) < 4.78 is 38.6. The van der Waals surface area contributed by atoms with Crippen molar-refractivity contribution in [3.05, 3.63) is 48.0 Å². The lowest BCUT2D eigenvalue weighted by atomic mass is 9.96. The van der Waals surface area contributed by atoms with E-state index in [9.17, 15) is 13.2 Å². The van der Waals surface area contributed by atoms with Crippen LogP contribution in [-0.4, -0.2) is 34.1 Å². The summed E-state index contributed by atoms with van der Waals surface area (Å²) in [5.41, 5.74) is 1.30. The van der Waals surface area contributed by atoms with Gasteiger partial charge in [-0.2, -0.15) is 0 Å². The maximum Gasteiger partial charge on any atom is 0.240 e. The average molecular weight is 402 g/mol. The highest BCUT2D eigenvalue weighted by Gasteiger charge is 2.29. The molecular formula is C20H22N2O5S. The van der Waals surface area contributed by atoms with Gasteiger partial charge in [-0.05, 0) is 49.1 Å². The third-order valence-electron chi connectivity index (χ3n) is 4.89. The molecule has 0 aromatic heterocycles. The van der Waals surface area contributed by atoms with Crippen LogP contribution in [-0.2, 0) is 21.2 Å². The van der Waals surface area contributed by atoms with Gasteiger partial charge in [0.25, 0.3) is 0 Å². The minimum absolute atomic E-state index is 0.00426. The van der Waals surface area contributed by atoms with Gasteiger partial charge in [-0.3, -0.25) is 4.79 Å². The van der Waals surface area contributed by atoms with E-state index < -0.39 is 10.0 Å². The van der Waals surface area contributed by atoms with Crippen LogP contribution in [0.4, 0.5) is 5.69 Å². The fraction of sp³-hybridized carbons (Fsp3) is 0.350. The Balaban J connectivity index is 1.53. The van der Waals surface area contributed by atoms with Crippen molar-refractivity contribution in [3.8, 4) is 11.5 Å². The first-order valence-corrected chi connectivity index (χ1v) is 10.7. The molecule has 28 heavy (non-hydrogen) atoms. The molecule has 0 saturated heterocycles. The molecule has 2 aliphatic rings. The number of amides is 1. The molecule has 0 bridgehead atoms.